The Morgan fingerprint density at radius 3 is 2.80 bits per heavy atom. The molecule has 0 atom stereocenters. The molecule has 2 saturated heterocycles. The van der Waals surface area contributed by atoms with Crippen LogP contribution in [0.3, 0.4) is 0 Å². The van der Waals surface area contributed by atoms with Crippen LogP contribution >= 0.6 is 0 Å². The number of nitrogens with one attached hydrogen (secondary N) is 1. The first-order chi connectivity index (χ1) is 12.1. The molecule has 2 amide bonds. The van der Waals surface area contributed by atoms with Gasteiger partial charge in [0.05, 0.1) is 6.04 Å². The first-order valence-corrected chi connectivity index (χ1v) is 8.67. The molecule has 0 aromatic carbocycles. The zero-order valence-corrected chi connectivity index (χ0v) is 14.6. The van der Waals surface area contributed by atoms with Crippen LogP contribution in [-0.2, 0) is 4.74 Å². The second-order valence-corrected chi connectivity index (χ2v) is 6.71. The molecule has 134 valence electrons. The fourth-order valence-corrected chi connectivity index (χ4v) is 3.23. The van der Waals surface area contributed by atoms with Crippen LogP contribution in [0, 0.1) is 6.92 Å². The van der Waals surface area contributed by atoms with Gasteiger partial charge in [-0.2, -0.15) is 4.52 Å². The summed E-state index contributed by atoms with van der Waals surface area (Å²) in [5.41, 5.74) is 0.742. The number of carbonyl (C=O) groups is 1. The maximum Gasteiger partial charge on any atom is 0.317 e. The van der Waals surface area contributed by atoms with E-state index in [1.807, 2.05) is 26.1 Å². The molecule has 2 aliphatic heterocycles. The molecular weight excluding hydrogens is 322 g/mol. The fourth-order valence-electron chi connectivity index (χ4n) is 3.23. The molecule has 4 rings (SSSR count). The highest BCUT2D eigenvalue weighted by Gasteiger charge is 2.34. The largest absolute Gasteiger partial charge is 0.381 e. The molecule has 2 aromatic heterocycles. The Balaban J connectivity index is 1.33. The minimum absolute atomic E-state index is 0.00499. The van der Waals surface area contributed by atoms with E-state index in [0.717, 1.165) is 56.4 Å². The van der Waals surface area contributed by atoms with Gasteiger partial charge in [-0.05, 0) is 31.9 Å². The van der Waals surface area contributed by atoms with Crippen molar-refractivity contribution in [1.29, 1.82) is 0 Å². The van der Waals surface area contributed by atoms with Crippen LogP contribution in [0.1, 0.15) is 18.7 Å². The van der Waals surface area contributed by atoms with Crippen molar-refractivity contribution in [2.45, 2.75) is 31.8 Å². The molecule has 0 unspecified atom stereocenters. The minimum atomic E-state index is -0.00499. The summed E-state index contributed by atoms with van der Waals surface area (Å²) in [6.45, 7) is 4.88. The molecule has 0 bridgehead atoms. The summed E-state index contributed by atoms with van der Waals surface area (Å²) < 4.78 is 7.07. The number of likely N-dealkylation sites (N-methyl/N-ethyl adjacent to an activating group) is 1. The third kappa shape index (κ3) is 3.11. The standard InChI is InChI=1S/C16H23N7O2/c1-11-18-19-14-3-4-15(20-23(11)14)22-9-13(10-22)21(2)16(24)17-12-5-7-25-8-6-12/h3-4,12-13H,5-10H2,1-2H3,(H,17,24). The molecule has 9 nitrogen and oxygen atoms in total. The van der Waals surface area contributed by atoms with Crippen molar-refractivity contribution in [2.75, 3.05) is 38.3 Å². The molecule has 1 N–H and O–H groups in total. The molecule has 0 radical (unpaired) electrons. The van der Waals surface area contributed by atoms with Crippen molar-refractivity contribution < 1.29 is 9.53 Å². The molecule has 9 heteroatoms. The third-order valence-corrected chi connectivity index (χ3v) is 5.01. The highest BCUT2D eigenvalue weighted by molar-refractivity contribution is 5.75. The molecule has 2 aromatic rings. The molecule has 2 fully saturated rings. The van der Waals surface area contributed by atoms with Gasteiger partial charge >= 0.3 is 6.03 Å². The number of aryl methyl sites for hydroxylation is 1. The monoisotopic (exact) mass is 345 g/mol. The number of nitrogens with zero attached hydrogens (tertiary/aromatic N) is 6. The Morgan fingerprint density at radius 2 is 2.04 bits per heavy atom. The minimum Gasteiger partial charge on any atom is -0.381 e. The van der Waals surface area contributed by atoms with Gasteiger partial charge < -0.3 is 19.9 Å². The summed E-state index contributed by atoms with van der Waals surface area (Å²) in [7, 11) is 1.86. The number of hydrogen-bond donors (Lipinski definition) is 1. The lowest BCUT2D eigenvalue weighted by atomic mass is 10.1. The number of anilines is 1. The Bertz CT molecular complexity index is 765. The van der Waals surface area contributed by atoms with E-state index in [2.05, 4.69) is 25.5 Å². The van der Waals surface area contributed by atoms with E-state index in [9.17, 15) is 4.79 Å². The smallest absolute Gasteiger partial charge is 0.317 e. The SMILES string of the molecule is Cc1nnc2ccc(N3CC(N(C)C(=O)NC4CCOCC4)C3)nn12. The Hall–Kier alpha value is -2.42. The summed E-state index contributed by atoms with van der Waals surface area (Å²) in [5, 5.41) is 15.7. The van der Waals surface area contributed by atoms with Crippen LogP contribution in [0.25, 0.3) is 5.65 Å². The van der Waals surface area contributed by atoms with Gasteiger partial charge in [0.2, 0.25) is 0 Å². The number of hydrogen-bond acceptors (Lipinski definition) is 6. The summed E-state index contributed by atoms with van der Waals surface area (Å²) in [5.74, 6) is 1.65. The molecule has 0 saturated carbocycles. The molecule has 0 spiro atoms. The highest BCUT2D eigenvalue weighted by Crippen LogP contribution is 2.22. The number of urea groups is 1. The average molecular weight is 345 g/mol. The first-order valence-electron chi connectivity index (χ1n) is 8.67. The van der Waals surface area contributed by atoms with Crippen LogP contribution in [-0.4, -0.2) is 76.2 Å². The highest BCUT2D eigenvalue weighted by atomic mass is 16.5. The predicted octanol–water partition coefficient (Wildman–Crippen LogP) is 0.442. The Kier molecular flexibility index (Phi) is 4.16. The average Bonchev–Trinajstić information content (AvgIpc) is 2.95. The first kappa shape index (κ1) is 16.1. The van der Waals surface area contributed by atoms with Gasteiger partial charge in [0.15, 0.2) is 11.5 Å². The van der Waals surface area contributed by atoms with Gasteiger partial charge in [-0.3, -0.25) is 0 Å². The van der Waals surface area contributed by atoms with Crippen LogP contribution in [0.15, 0.2) is 12.1 Å². The van der Waals surface area contributed by atoms with Crippen LogP contribution in [0.5, 0.6) is 0 Å². The Labute approximate surface area is 145 Å². The number of aromatic nitrogens is 4. The molecular formula is C16H23N7O2. The summed E-state index contributed by atoms with van der Waals surface area (Å²) in [6, 6.07) is 4.27. The number of rotatable bonds is 3. The number of carbonyl (C=O) groups excluding carboxylic acids is 1. The summed E-state index contributed by atoms with van der Waals surface area (Å²) in [6.07, 6.45) is 1.77. The van der Waals surface area contributed by atoms with Gasteiger partial charge in [-0.15, -0.1) is 15.3 Å². The van der Waals surface area contributed by atoms with Gasteiger partial charge in [0, 0.05) is 39.4 Å². The lowest BCUT2D eigenvalue weighted by Gasteiger charge is -2.44. The van der Waals surface area contributed by atoms with Crippen molar-refractivity contribution in [3.63, 3.8) is 0 Å². The van der Waals surface area contributed by atoms with Gasteiger partial charge in [-0.25, -0.2) is 4.79 Å². The van der Waals surface area contributed by atoms with E-state index < -0.39 is 0 Å². The predicted molar refractivity (Wildman–Crippen MR) is 91.7 cm³/mol. The molecule has 4 heterocycles. The van der Waals surface area contributed by atoms with E-state index in [0.29, 0.717) is 0 Å². The van der Waals surface area contributed by atoms with Crippen molar-refractivity contribution in [1.82, 2.24) is 30.0 Å². The normalized spacial score (nSPS) is 19.0. The van der Waals surface area contributed by atoms with E-state index in [4.69, 9.17) is 4.74 Å². The van der Waals surface area contributed by atoms with Gasteiger partial charge in [0.1, 0.15) is 5.82 Å². The lowest BCUT2D eigenvalue weighted by molar-refractivity contribution is 0.0773. The molecule has 2 aliphatic rings. The summed E-state index contributed by atoms with van der Waals surface area (Å²) in [4.78, 5) is 16.3. The zero-order chi connectivity index (χ0) is 17.4. The lowest BCUT2D eigenvalue weighted by Crippen LogP contribution is -2.62. The Morgan fingerprint density at radius 1 is 1.28 bits per heavy atom. The van der Waals surface area contributed by atoms with E-state index in [1.54, 1.807) is 9.42 Å². The molecule has 0 aliphatic carbocycles. The second kappa shape index (κ2) is 6.47. The van der Waals surface area contributed by atoms with Crippen molar-refractivity contribution >= 4 is 17.5 Å². The van der Waals surface area contributed by atoms with E-state index in [1.165, 1.54) is 0 Å². The van der Waals surface area contributed by atoms with Crippen LogP contribution in [0.2, 0.25) is 0 Å². The van der Waals surface area contributed by atoms with Crippen LogP contribution < -0.4 is 10.2 Å². The van der Waals surface area contributed by atoms with Crippen molar-refractivity contribution in [3.8, 4) is 0 Å². The zero-order valence-electron chi connectivity index (χ0n) is 14.6. The fraction of sp³-hybridized carbons (Fsp3) is 0.625. The topological polar surface area (TPSA) is 87.9 Å². The van der Waals surface area contributed by atoms with E-state index in [-0.39, 0.29) is 18.1 Å². The van der Waals surface area contributed by atoms with Crippen molar-refractivity contribution in [3.05, 3.63) is 18.0 Å². The van der Waals surface area contributed by atoms with Gasteiger partial charge in [0.25, 0.3) is 0 Å². The third-order valence-electron chi connectivity index (χ3n) is 5.01. The number of amides is 2. The van der Waals surface area contributed by atoms with Crippen LogP contribution in [0.4, 0.5) is 10.6 Å². The number of fused-ring (bicyclic) bond motifs is 1. The van der Waals surface area contributed by atoms with Crippen molar-refractivity contribution in [2.24, 2.45) is 0 Å². The van der Waals surface area contributed by atoms with Gasteiger partial charge in [-0.1, -0.05) is 0 Å². The quantitative estimate of drug-likeness (QED) is 0.869. The number of ether oxygens (including phenoxy) is 1. The molecule has 25 heavy (non-hydrogen) atoms. The maximum atomic E-state index is 12.4. The maximum absolute atomic E-state index is 12.4. The summed E-state index contributed by atoms with van der Waals surface area (Å²) >= 11 is 0. The second-order valence-electron chi connectivity index (χ2n) is 6.71. The van der Waals surface area contributed by atoms with E-state index >= 15 is 0 Å².